The highest BCUT2D eigenvalue weighted by Gasteiger charge is 2.12. The summed E-state index contributed by atoms with van der Waals surface area (Å²) in [5, 5.41) is 10.4. The summed E-state index contributed by atoms with van der Waals surface area (Å²) in [6.45, 7) is -0.208. The quantitative estimate of drug-likeness (QED) is 0.748. The molecule has 0 aliphatic rings. The zero-order valence-corrected chi connectivity index (χ0v) is 7.58. The summed E-state index contributed by atoms with van der Waals surface area (Å²) in [7, 11) is -3.15. The van der Waals surface area contributed by atoms with Crippen LogP contribution in [0.25, 0.3) is 0 Å². The molecule has 5 heteroatoms. The zero-order valence-electron chi connectivity index (χ0n) is 5.94. The number of sulfone groups is 1. The Bertz CT molecular complexity index is 336. The van der Waals surface area contributed by atoms with Crippen molar-refractivity contribution in [1.82, 2.24) is 0 Å². The minimum Gasteiger partial charge on any atom is -0.391 e. The molecule has 0 spiro atoms. The Hall–Kier alpha value is -0.390. The fourth-order valence-corrected chi connectivity index (χ4v) is 2.88. The molecule has 0 aromatic carbocycles. The van der Waals surface area contributed by atoms with Crippen LogP contribution in [0.15, 0.2) is 16.3 Å². The van der Waals surface area contributed by atoms with Gasteiger partial charge in [-0.15, -0.1) is 11.3 Å². The monoisotopic (exact) mass is 192 g/mol. The summed E-state index contributed by atoms with van der Waals surface area (Å²) in [6, 6.07) is 1.51. The van der Waals surface area contributed by atoms with Crippen LogP contribution >= 0.6 is 11.3 Å². The predicted octanol–water partition coefficient (Wildman–Crippen LogP) is 0.644. The van der Waals surface area contributed by atoms with Gasteiger partial charge in [0.05, 0.1) is 11.5 Å². The Morgan fingerprint density at radius 3 is 2.64 bits per heavy atom. The van der Waals surface area contributed by atoms with Crippen LogP contribution < -0.4 is 0 Å². The molecule has 0 bridgehead atoms. The zero-order chi connectivity index (χ0) is 8.48. The largest absolute Gasteiger partial charge is 0.391 e. The fraction of sp³-hybridized carbons (Fsp3) is 0.333. The van der Waals surface area contributed by atoms with Gasteiger partial charge in [-0.3, -0.25) is 0 Å². The van der Waals surface area contributed by atoms with Crippen molar-refractivity contribution >= 4 is 21.2 Å². The van der Waals surface area contributed by atoms with E-state index in [4.69, 9.17) is 5.11 Å². The maximum absolute atomic E-state index is 11.0. The summed E-state index contributed by atoms with van der Waals surface area (Å²) in [4.78, 5) is 0.748. The summed E-state index contributed by atoms with van der Waals surface area (Å²) in [5.41, 5.74) is 0. The maximum atomic E-state index is 11.0. The molecule has 0 aliphatic carbocycles. The van der Waals surface area contributed by atoms with Gasteiger partial charge < -0.3 is 5.11 Å². The normalized spacial score (nSPS) is 11.8. The van der Waals surface area contributed by atoms with Gasteiger partial charge in [0, 0.05) is 11.1 Å². The van der Waals surface area contributed by atoms with Crippen molar-refractivity contribution in [2.24, 2.45) is 0 Å². The standard InChI is InChI=1S/C6H8O3S2/c1-11(8,9)6-2-3-10-5(6)4-7/h2-3,7H,4H2,1H3. The second-order valence-corrected chi connectivity index (χ2v) is 5.12. The highest BCUT2D eigenvalue weighted by Crippen LogP contribution is 2.21. The smallest absolute Gasteiger partial charge is 0.176 e. The summed E-state index contributed by atoms with van der Waals surface area (Å²) in [6.07, 6.45) is 1.13. The first-order valence-electron chi connectivity index (χ1n) is 2.93. The van der Waals surface area contributed by atoms with E-state index in [9.17, 15) is 8.42 Å². The molecule has 0 aliphatic heterocycles. The SMILES string of the molecule is CS(=O)(=O)c1ccsc1CO. The number of rotatable bonds is 2. The molecule has 0 unspecified atom stereocenters. The number of aliphatic hydroxyl groups is 1. The van der Waals surface area contributed by atoms with Gasteiger partial charge in [-0.1, -0.05) is 0 Å². The number of thiophene rings is 1. The summed E-state index contributed by atoms with van der Waals surface area (Å²) >= 11 is 1.25. The molecule has 1 rings (SSSR count). The van der Waals surface area contributed by atoms with E-state index < -0.39 is 9.84 Å². The maximum Gasteiger partial charge on any atom is 0.176 e. The second-order valence-electron chi connectivity index (χ2n) is 2.14. The topological polar surface area (TPSA) is 54.4 Å². The summed E-state index contributed by atoms with van der Waals surface area (Å²) in [5.74, 6) is 0. The van der Waals surface area contributed by atoms with Crippen LogP contribution in [0.5, 0.6) is 0 Å². The van der Waals surface area contributed by atoms with Gasteiger partial charge in [-0.05, 0) is 11.4 Å². The highest BCUT2D eigenvalue weighted by molar-refractivity contribution is 7.90. The lowest BCUT2D eigenvalue weighted by molar-refractivity contribution is 0.282. The molecule has 0 fully saturated rings. The van der Waals surface area contributed by atoms with E-state index in [-0.39, 0.29) is 11.5 Å². The average Bonchev–Trinajstić information content (AvgIpc) is 2.31. The van der Waals surface area contributed by atoms with Gasteiger partial charge in [-0.2, -0.15) is 0 Å². The number of hydrogen-bond donors (Lipinski definition) is 1. The Balaban J connectivity index is 3.24. The molecule has 1 aromatic rings. The first kappa shape index (κ1) is 8.70. The van der Waals surface area contributed by atoms with Gasteiger partial charge in [0.25, 0.3) is 0 Å². The van der Waals surface area contributed by atoms with Gasteiger partial charge in [0.15, 0.2) is 9.84 Å². The molecule has 0 radical (unpaired) electrons. The average molecular weight is 192 g/mol. The van der Waals surface area contributed by atoms with E-state index >= 15 is 0 Å². The molecular weight excluding hydrogens is 184 g/mol. The van der Waals surface area contributed by atoms with E-state index in [0.717, 1.165) is 6.26 Å². The Labute approximate surface area is 69.2 Å². The minimum absolute atomic E-state index is 0.208. The molecule has 0 saturated heterocycles. The van der Waals surface area contributed by atoms with Crippen LogP contribution in [0.4, 0.5) is 0 Å². The lowest BCUT2D eigenvalue weighted by atomic mass is 10.5. The Morgan fingerprint density at radius 2 is 2.27 bits per heavy atom. The van der Waals surface area contributed by atoms with Gasteiger partial charge in [0.2, 0.25) is 0 Å². The molecule has 3 nitrogen and oxygen atoms in total. The van der Waals surface area contributed by atoms with Crippen molar-refractivity contribution in [3.8, 4) is 0 Å². The van der Waals surface area contributed by atoms with Crippen molar-refractivity contribution in [1.29, 1.82) is 0 Å². The predicted molar refractivity (Wildman–Crippen MR) is 43.4 cm³/mol. The van der Waals surface area contributed by atoms with Crippen LogP contribution in [-0.4, -0.2) is 19.8 Å². The van der Waals surface area contributed by atoms with Crippen LogP contribution in [0.3, 0.4) is 0 Å². The lowest BCUT2D eigenvalue weighted by Gasteiger charge is -1.95. The van der Waals surface area contributed by atoms with Crippen molar-refractivity contribution in [2.45, 2.75) is 11.5 Å². The first-order chi connectivity index (χ1) is 5.05. The highest BCUT2D eigenvalue weighted by atomic mass is 32.2. The molecule has 0 saturated carbocycles. The molecule has 0 atom stereocenters. The number of aliphatic hydroxyl groups excluding tert-OH is 1. The molecule has 1 aromatic heterocycles. The molecule has 11 heavy (non-hydrogen) atoms. The van der Waals surface area contributed by atoms with Gasteiger partial charge in [0.1, 0.15) is 0 Å². The van der Waals surface area contributed by atoms with E-state index in [1.54, 1.807) is 5.38 Å². The third kappa shape index (κ3) is 1.79. The Morgan fingerprint density at radius 1 is 1.64 bits per heavy atom. The second kappa shape index (κ2) is 2.92. The van der Waals surface area contributed by atoms with Crippen molar-refractivity contribution in [3.63, 3.8) is 0 Å². The van der Waals surface area contributed by atoms with Crippen LogP contribution in [-0.2, 0) is 16.4 Å². The van der Waals surface area contributed by atoms with Crippen molar-refractivity contribution in [3.05, 3.63) is 16.3 Å². The molecule has 1 N–H and O–H groups in total. The lowest BCUT2D eigenvalue weighted by Crippen LogP contribution is -1.98. The number of hydrogen-bond acceptors (Lipinski definition) is 4. The third-order valence-electron chi connectivity index (χ3n) is 1.25. The first-order valence-corrected chi connectivity index (χ1v) is 5.70. The van der Waals surface area contributed by atoms with Crippen molar-refractivity contribution < 1.29 is 13.5 Å². The Kier molecular flexibility index (Phi) is 2.31. The molecule has 62 valence electrons. The van der Waals surface area contributed by atoms with Crippen molar-refractivity contribution in [2.75, 3.05) is 6.26 Å². The van der Waals surface area contributed by atoms with E-state index in [1.165, 1.54) is 17.4 Å². The molecule has 0 amide bonds. The van der Waals surface area contributed by atoms with Crippen LogP contribution in [0, 0.1) is 0 Å². The van der Waals surface area contributed by atoms with Gasteiger partial charge in [-0.25, -0.2) is 8.42 Å². The van der Waals surface area contributed by atoms with Crippen LogP contribution in [0.2, 0.25) is 0 Å². The molecule has 1 heterocycles. The van der Waals surface area contributed by atoms with Crippen LogP contribution in [0.1, 0.15) is 4.88 Å². The minimum atomic E-state index is -3.15. The van der Waals surface area contributed by atoms with E-state index in [2.05, 4.69) is 0 Å². The third-order valence-corrected chi connectivity index (χ3v) is 3.46. The fourth-order valence-electron chi connectivity index (χ4n) is 0.775. The molecular formula is C6H8O3S2. The van der Waals surface area contributed by atoms with Gasteiger partial charge >= 0.3 is 0 Å². The summed E-state index contributed by atoms with van der Waals surface area (Å²) < 4.78 is 21.9. The van der Waals surface area contributed by atoms with E-state index in [1.807, 2.05) is 0 Å². The van der Waals surface area contributed by atoms with E-state index in [0.29, 0.717) is 4.88 Å².